The van der Waals surface area contributed by atoms with Crippen LogP contribution in [0.25, 0.3) is 0 Å². The summed E-state index contributed by atoms with van der Waals surface area (Å²) in [6.45, 7) is 11.0. The van der Waals surface area contributed by atoms with Crippen LogP contribution < -0.4 is 15.5 Å². The first-order valence-corrected chi connectivity index (χ1v) is 11.4. The van der Waals surface area contributed by atoms with Crippen molar-refractivity contribution in [1.82, 2.24) is 20.5 Å². The number of anilines is 1. The first-order chi connectivity index (χ1) is 14.6. The molecule has 0 bridgehead atoms. The third-order valence-electron chi connectivity index (χ3n) is 5.17. The number of rotatable bonds is 7. The van der Waals surface area contributed by atoms with Crippen LogP contribution in [0.15, 0.2) is 35.3 Å². The van der Waals surface area contributed by atoms with Crippen LogP contribution in [0.3, 0.4) is 0 Å². The number of aryl methyl sites for hydroxylation is 2. The molecule has 162 valence electrons. The number of nitrogens with zero attached hydrogens (tertiary/aromatic N) is 4. The molecule has 1 amide bonds. The molecule has 1 aromatic heterocycles. The van der Waals surface area contributed by atoms with Crippen LogP contribution in [0.4, 0.5) is 5.69 Å². The molecule has 0 saturated carbocycles. The molecule has 0 atom stereocenters. The lowest BCUT2D eigenvalue weighted by Gasteiger charge is -2.36. The van der Waals surface area contributed by atoms with Gasteiger partial charge in [0.15, 0.2) is 5.96 Å². The van der Waals surface area contributed by atoms with Crippen molar-refractivity contribution in [3.63, 3.8) is 0 Å². The zero-order valence-corrected chi connectivity index (χ0v) is 19.0. The number of aliphatic imine (C=N–C) groups is 1. The van der Waals surface area contributed by atoms with E-state index in [0.29, 0.717) is 5.96 Å². The molecule has 2 heterocycles. The number of piperazine rings is 1. The number of carbonyl (C=O) groups is 1. The third kappa shape index (κ3) is 6.19. The minimum atomic E-state index is 0.0751. The van der Waals surface area contributed by atoms with Crippen LogP contribution in [-0.4, -0.2) is 67.6 Å². The number of benzene rings is 1. The lowest BCUT2D eigenvalue weighted by molar-refractivity contribution is -0.129. The van der Waals surface area contributed by atoms with Crippen LogP contribution in [0.2, 0.25) is 0 Å². The van der Waals surface area contributed by atoms with Crippen molar-refractivity contribution in [2.45, 2.75) is 27.2 Å². The van der Waals surface area contributed by atoms with Crippen LogP contribution >= 0.6 is 11.3 Å². The number of para-hydroxylation sites is 1. The molecule has 1 saturated heterocycles. The van der Waals surface area contributed by atoms with E-state index in [4.69, 9.17) is 0 Å². The second kappa shape index (κ2) is 11.0. The van der Waals surface area contributed by atoms with Gasteiger partial charge < -0.3 is 20.4 Å². The minimum absolute atomic E-state index is 0.0751. The summed E-state index contributed by atoms with van der Waals surface area (Å²) in [6.07, 6.45) is 0.846. The predicted molar refractivity (Wildman–Crippen MR) is 125 cm³/mol. The average molecular weight is 429 g/mol. The summed E-state index contributed by atoms with van der Waals surface area (Å²) in [6, 6.07) is 10.4. The van der Waals surface area contributed by atoms with Gasteiger partial charge in [0.05, 0.1) is 10.7 Å². The molecular formula is C22H32N6OS. The topological polar surface area (TPSA) is 72.9 Å². The second-order valence-electron chi connectivity index (χ2n) is 7.32. The zero-order valence-electron chi connectivity index (χ0n) is 18.1. The molecule has 30 heavy (non-hydrogen) atoms. The van der Waals surface area contributed by atoms with Crippen LogP contribution in [-0.2, 0) is 11.2 Å². The maximum atomic E-state index is 12.6. The van der Waals surface area contributed by atoms with Crippen molar-refractivity contribution >= 4 is 28.9 Å². The zero-order chi connectivity index (χ0) is 21.3. The fraction of sp³-hybridized carbons (Fsp3) is 0.500. The van der Waals surface area contributed by atoms with Gasteiger partial charge in [-0.15, -0.1) is 11.3 Å². The number of aromatic nitrogens is 1. The first-order valence-electron chi connectivity index (χ1n) is 10.6. The Balaban J connectivity index is 1.45. The van der Waals surface area contributed by atoms with Crippen LogP contribution in [0.5, 0.6) is 0 Å². The van der Waals surface area contributed by atoms with Crippen molar-refractivity contribution in [3.05, 3.63) is 45.9 Å². The number of thiazole rings is 1. The molecule has 0 spiro atoms. The number of hydrogen-bond acceptors (Lipinski definition) is 5. The van der Waals surface area contributed by atoms with Gasteiger partial charge in [-0.3, -0.25) is 4.79 Å². The van der Waals surface area contributed by atoms with Crippen LogP contribution in [0.1, 0.15) is 22.5 Å². The molecule has 0 radical (unpaired) electrons. The van der Waals surface area contributed by atoms with E-state index in [1.807, 2.05) is 36.9 Å². The molecule has 0 unspecified atom stereocenters. The second-order valence-corrected chi connectivity index (χ2v) is 8.61. The highest BCUT2D eigenvalue weighted by atomic mass is 32.1. The molecule has 2 aromatic rings. The fourth-order valence-corrected chi connectivity index (χ4v) is 4.31. The normalized spacial score (nSPS) is 14.7. The smallest absolute Gasteiger partial charge is 0.244 e. The summed E-state index contributed by atoms with van der Waals surface area (Å²) in [7, 11) is 0. The molecule has 1 fully saturated rings. The van der Waals surface area contributed by atoms with Gasteiger partial charge in [-0.1, -0.05) is 18.2 Å². The molecule has 3 rings (SSSR count). The van der Waals surface area contributed by atoms with E-state index in [1.54, 1.807) is 11.3 Å². The predicted octanol–water partition coefficient (Wildman–Crippen LogP) is 2.21. The highest BCUT2D eigenvalue weighted by molar-refractivity contribution is 7.11. The summed E-state index contributed by atoms with van der Waals surface area (Å²) in [5.41, 5.74) is 2.32. The van der Waals surface area contributed by atoms with Crippen molar-refractivity contribution in [2.75, 3.05) is 50.7 Å². The van der Waals surface area contributed by atoms with E-state index in [9.17, 15) is 4.79 Å². The largest absolute Gasteiger partial charge is 0.368 e. The van der Waals surface area contributed by atoms with Crippen molar-refractivity contribution < 1.29 is 4.79 Å². The highest BCUT2D eigenvalue weighted by Crippen LogP contribution is 2.17. The Labute approximate surface area is 183 Å². The van der Waals surface area contributed by atoms with Gasteiger partial charge in [-0.05, 0) is 32.9 Å². The van der Waals surface area contributed by atoms with Gasteiger partial charge in [0.1, 0.15) is 6.54 Å². The van der Waals surface area contributed by atoms with Gasteiger partial charge in [-0.25, -0.2) is 9.98 Å². The summed E-state index contributed by atoms with van der Waals surface area (Å²) in [5, 5.41) is 7.65. The molecule has 2 N–H and O–H groups in total. The van der Waals surface area contributed by atoms with E-state index < -0.39 is 0 Å². The summed E-state index contributed by atoms with van der Waals surface area (Å²) in [4.78, 5) is 27.2. The van der Waals surface area contributed by atoms with E-state index in [-0.39, 0.29) is 12.5 Å². The quantitative estimate of drug-likeness (QED) is 0.523. The molecule has 1 aromatic carbocycles. The maximum absolute atomic E-state index is 12.6. The number of guanidine groups is 1. The first kappa shape index (κ1) is 22.1. The molecule has 1 aliphatic rings. The van der Waals surface area contributed by atoms with Crippen molar-refractivity contribution in [1.29, 1.82) is 0 Å². The number of nitrogens with one attached hydrogen (secondary N) is 2. The van der Waals surface area contributed by atoms with Gasteiger partial charge in [-0.2, -0.15) is 0 Å². The monoisotopic (exact) mass is 428 g/mol. The van der Waals surface area contributed by atoms with Gasteiger partial charge in [0.25, 0.3) is 0 Å². The Morgan fingerprint density at radius 3 is 2.50 bits per heavy atom. The Morgan fingerprint density at radius 2 is 1.87 bits per heavy atom. The SMILES string of the molecule is CCNC(=NCC(=O)N1CCN(c2ccccc2)CC1)NCCc1nc(C)c(C)s1. The van der Waals surface area contributed by atoms with Crippen LogP contribution in [0, 0.1) is 13.8 Å². The highest BCUT2D eigenvalue weighted by Gasteiger charge is 2.21. The average Bonchev–Trinajstić information content (AvgIpc) is 3.09. The molecular weight excluding hydrogens is 396 g/mol. The minimum Gasteiger partial charge on any atom is -0.368 e. The Bertz CT molecular complexity index is 823. The Hall–Kier alpha value is -2.61. The third-order valence-corrected chi connectivity index (χ3v) is 6.31. The summed E-state index contributed by atoms with van der Waals surface area (Å²) >= 11 is 1.74. The summed E-state index contributed by atoms with van der Waals surface area (Å²) < 4.78 is 0. The molecule has 8 heteroatoms. The van der Waals surface area contributed by atoms with Gasteiger partial charge in [0.2, 0.25) is 5.91 Å². The number of carbonyl (C=O) groups excluding carboxylic acids is 1. The van der Waals surface area contributed by atoms with E-state index in [1.165, 1.54) is 10.6 Å². The number of hydrogen-bond donors (Lipinski definition) is 2. The molecule has 7 nitrogen and oxygen atoms in total. The van der Waals surface area contributed by atoms with Crippen molar-refractivity contribution in [3.8, 4) is 0 Å². The number of amides is 1. The van der Waals surface area contributed by atoms with E-state index >= 15 is 0 Å². The molecule has 0 aliphatic carbocycles. The Morgan fingerprint density at radius 1 is 1.13 bits per heavy atom. The van der Waals surface area contributed by atoms with Gasteiger partial charge in [0, 0.05) is 56.3 Å². The molecule has 1 aliphatic heterocycles. The van der Waals surface area contributed by atoms with Crippen molar-refractivity contribution in [2.24, 2.45) is 4.99 Å². The lowest BCUT2D eigenvalue weighted by atomic mass is 10.2. The standard InChI is InChI=1S/C22H32N6OS/c1-4-23-22(24-11-10-20-26-17(2)18(3)30-20)25-16-21(29)28-14-12-27(13-15-28)19-8-6-5-7-9-19/h5-9H,4,10-16H2,1-3H3,(H2,23,24,25). The fourth-order valence-electron chi connectivity index (χ4n) is 3.38. The van der Waals surface area contributed by atoms with E-state index in [2.05, 4.69) is 44.6 Å². The Kier molecular flexibility index (Phi) is 8.07. The lowest BCUT2D eigenvalue weighted by Crippen LogP contribution is -2.49. The maximum Gasteiger partial charge on any atom is 0.244 e. The summed E-state index contributed by atoms with van der Waals surface area (Å²) in [5.74, 6) is 0.754. The van der Waals surface area contributed by atoms with Gasteiger partial charge >= 0.3 is 0 Å². The van der Waals surface area contributed by atoms with E-state index in [0.717, 1.165) is 56.4 Å².